The van der Waals surface area contributed by atoms with Crippen LogP contribution in [0.25, 0.3) is 5.69 Å². The van der Waals surface area contributed by atoms with Gasteiger partial charge >= 0.3 is 5.97 Å². The highest BCUT2D eigenvalue weighted by molar-refractivity contribution is 5.86. The Kier molecular flexibility index (Phi) is 4.02. The Bertz CT molecular complexity index is 603. The standard InChI is InChI=1S/C14H17N3O3/c1-4-12-13(14(18)19)15-16-17(12)10-5-7-11(8-6-10)20-9(2)3/h5-9H,4H2,1-3H3,(H,18,19). The van der Waals surface area contributed by atoms with Crippen LogP contribution < -0.4 is 4.74 Å². The van der Waals surface area contributed by atoms with E-state index in [2.05, 4.69) is 10.3 Å². The first-order chi connectivity index (χ1) is 9.52. The third-order valence-electron chi connectivity index (χ3n) is 2.75. The minimum Gasteiger partial charge on any atom is -0.491 e. The summed E-state index contributed by atoms with van der Waals surface area (Å²) in [6.45, 7) is 5.79. The Hall–Kier alpha value is -2.37. The van der Waals surface area contributed by atoms with Crippen LogP contribution in [0.15, 0.2) is 24.3 Å². The number of aromatic nitrogens is 3. The first-order valence-corrected chi connectivity index (χ1v) is 6.48. The first-order valence-electron chi connectivity index (χ1n) is 6.48. The highest BCUT2D eigenvalue weighted by Crippen LogP contribution is 2.18. The molecule has 0 bridgehead atoms. The van der Waals surface area contributed by atoms with Crippen molar-refractivity contribution in [3.8, 4) is 11.4 Å². The fourth-order valence-electron chi connectivity index (χ4n) is 1.93. The molecule has 1 N–H and O–H groups in total. The van der Waals surface area contributed by atoms with E-state index in [9.17, 15) is 4.79 Å². The van der Waals surface area contributed by atoms with E-state index < -0.39 is 5.97 Å². The number of aromatic carboxylic acids is 1. The van der Waals surface area contributed by atoms with E-state index in [4.69, 9.17) is 9.84 Å². The van der Waals surface area contributed by atoms with E-state index in [1.807, 2.05) is 45.0 Å². The Morgan fingerprint density at radius 3 is 2.50 bits per heavy atom. The predicted molar refractivity (Wildman–Crippen MR) is 73.5 cm³/mol. The molecule has 0 fully saturated rings. The number of carboxylic acid groups (broad SMARTS) is 1. The van der Waals surface area contributed by atoms with Crippen LogP contribution in [0.5, 0.6) is 5.75 Å². The van der Waals surface area contributed by atoms with Crippen molar-refractivity contribution >= 4 is 5.97 Å². The topological polar surface area (TPSA) is 77.2 Å². The number of carbonyl (C=O) groups is 1. The number of nitrogens with zero attached hydrogens (tertiary/aromatic N) is 3. The van der Waals surface area contributed by atoms with Gasteiger partial charge in [-0.05, 0) is 44.5 Å². The summed E-state index contributed by atoms with van der Waals surface area (Å²) in [6, 6.07) is 7.32. The maximum atomic E-state index is 11.1. The predicted octanol–water partition coefficient (Wildman–Crippen LogP) is 2.32. The van der Waals surface area contributed by atoms with E-state index in [0.29, 0.717) is 12.1 Å². The average molecular weight is 275 g/mol. The van der Waals surface area contributed by atoms with Crippen molar-refractivity contribution in [1.82, 2.24) is 15.0 Å². The second-order valence-corrected chi connectivity index (χ2v) is 4.62. The molecule has 1 aromatic carbocycles. The van der Waals surface area contributed by atoms with Gasteiger partial charge < -0.3 is 9.84 Å². The monoisotopic (exact) mass is 275 g/mol. The van der Waals surface area contributed by atoms with E-state index >= 15 is 0 Å². The van der Waals surface area contributed by atoms with Crippen LogP contribution >= 0.6 is 0 Å². The quantitative estimate of drug-likeness (QED) is 0.906. The summed E-state index contributed by atoms with van der Waals surface area (Å²) in [6.07, 6.45) is 0.649. The molecule has 20 heavy (non-hydrogen) atoms. The lowest BCUT2D eigenvalue weighted by Crippen LogP contribution is -2.07. The van der Waals surface area contributed by atoms with Gasteiger partial charge in [-0.3, -0.25) is 0 Å². The van der Waals surface area contributed by atoms with Crippen molar-refractivity contribution in [1.29, 1.82) is 0 Å². The van der Waals surface area contributed by atoms with Gasteiger partial charge in [0.2, 0.25) is 0 Å². The van der Waals surface area contributed by atoms with Crippen molar-refractivity contribution in [2.45, 2.75) is 33.3 Å². The number of carboxylic acids is 1. The molecule has 0 spiro atoms. The van der Waals surface area contributed by atoms with Crippen LogP contribution in [-0.2, 0) is 6.42 Å². The molecule has 0 unspecified atom stereocenters. The maximum Gasteiger partial charge on any atom is 0.358 e. The average Bonchev–Trinajstić information content (AvgIpc) is 2.82. The number of benzene rings is 1. The number of ether oxygens (including phenoxy) is 1. The van der Waals surface area contributed by atoms with Crippen molar-refractivity contribution in [2.75, 3.05) is 0 Å². The van der Waals surface area contributed by atoms with Crippen molar-refractivity contribution < 1.29 is 14.6 Å². The Labute approximate surface area is 117 Å². The summed E-state index contributed by atoms with van der Waals surface area (Å²) >= 11 is 0. The highest BCUT2D eigenvalue weighted by Gasteiger charge is 2.18. The SMILES string of the molecule is CCc1c(C(=O)O)nnn1-c1ccc(OC(C)C)cc1. The fraction of sp³-hybridized carbons (Fsp3) is 0.357. The van der Waals surface area contributed by atoms with Crippen LogP contribution in [0, 0.1) is 0 Å². The molecule has 1 heterocycles. The zero-order valence-electron chi connectivity index (χ0n) is 11.7. The van der Waals surface area contributed by atoms with Crippen LogP contribution in [0.2, 0.25) is 0 Å². The lowest BCUT2D eigenvalue weighted by molar-refractivity contribution is 0.0689. The molecule has 106 valence electrons. The minimum absolute atomic E-state index is 0.00462. The van der Waals surface area contributed by atoms with Crippen LogP contribution in [0.3, 0.4) is 0 Å². The Balaban J connectivity index is 2.34. The summed E-state index contributed by atoms with van der Waals surface area (Å²) in [5.41, 5.74) is 1.34. The molecule has 1 aromatic heterocycles. The molecular formula is C14H17N3O3. The van der Waals surface area contributed by atoms with Gasteiger partial charge in [-0.1, -0.05) is 12.1 Å². The first kappa shape index (κ1) is 14.0. The summed E-state index contributed by atoms with van der Waals surface area (Å²) < 4.78 is 7.11. The van der Waals surface area contributed by atoms with Crippen molar-refractivity contribution in [3.05, 3.63) is 35.7 Å². The molecule has 6 nitrogen and oxygen atoms in total. The largest absolute Gasteiger partial charge is 0.491 e. The number of hydrogen-bond acceptors (Lipinski definition) is 4. The molecule has 2 rings (SSSR count). The molecule has 0 radical (unpaired) electrons. The van der Waals surface area contributed by atoms with E-state index in [1.165, 1.54) is 0 Å². The number of rotatable bonds is 5. The fourth-order valence-corrected chi connectivity index (χ4v) is 1.93. The second-order valence-electron chi connectivity index (χ2n) is 4.62. The molecule has 0 saturated heterocycles. The van der Waals surface area contributed by atoms with E-state index in [-0.39, 0.29) is 11.8 Å². The van der Waals surface area contributed by atoms with E-state index in [0.717, 1.165) is 11.4 Å². The van der Waals surface area contributed by atoms with Gasteiger partial charge in [0, 0.05) is 0 Å². The molecule has 2 aromatic rings. The van der Waals surface area contributed by atoms with Crippen LogP contribution in [-0.4, -0.2) is 32.2 Å². The third-order valence-corrected chi connectivity index (χ3v) is 2.75. The molecule has 0 amide bonds. The van der Waals surface area contributed by atoms with Gasteiger partial charge in [-0.2, -0.15) is 0 Å². The molecule has 6 heteroatoms. The Morgan fingerprint density at radius 2 is 2.00 bits per heavy atom. The summed E-state index contributed by atoms with van der Waals surface area (Å²) in [5, 5.41) is 16.7. The van der Waals surface area contributed by atoms with Gasteiger partial charge in [-0.15, -0.1) is 5.10 Å². The third kappa shape index (κ3) is 2.79. The van der Waals surface area contributed by atoms with Gasteiger partial charge in [0.25, 0.3) is 0 Å². The summed E-state index contributed by atoms with van der Waals surface area (Å²) in [5.74, 6) is -0.298. The zero-order chi connectivity index (χ0) is 14.7. The van der Waals surface area contributed by atoms with Gasteiger partial charge in [0.15, 0.2) is 5.69 Å². The molecular weight excluding hydrogens is 258 g/mol. The minimum atomic E-state index is -1.06. The molecule has 0 atom stereocenters. The zero-order valence-corrected chi connectivity index (χ0v) is 11.7. The van der Waals surface area contributed by atoms with Gasteiger partial charge in [0.05, 0.1) is 17.5 Å². The normalized spacial score (nSPS) is 10.8. The molecule has 0 aliphatic heterocycles. The molecule has 0 aliphatic rings. The maximum absolute atomic E-state index is 11.1. The smallest absolute Gasteiger partial charge is 0.358 e. The van der Waals surface area contributed by atoms with E-state index in [1.54, 1.807) is 4.68 Å². The number of hydrogen-bond donors (Lipinski definition) is 1. The van der Waals surface area contributed by atoms with Crippen LogP contribution in [0.4, 0.5) is 0 Å². The van der Waals surface area contributed by atoms with Gasteiger partial charge in [-0.25, -0.2) is 9.48 Å². The van der Waals surface area contributed by atoms with Crippen molar-refractivity contribution in [2.24, 2.45) is 0 Å². The summed E-state index contributed by atoms with van der Waals surface area (Å²) in [4.78, 5) is 11.1. The lowest BCUT2D eigenvalue weighted by atomic mass is 10.2. The Morgan fingerprint density at radius 1 is 1.35 bits per heavy atom. The van der Waals surface area contributed by atoms with Gasteiger partial charge in [0.1, 0.15) is 5.75 Å². The molecule has 0 aliphatic carbocycles. The van der Waals surface area contributed by atoms with Crippen molar-refractivity contribution in [3.63, 3.8) is 0 Å². The lowest BCUT2D eigenvalue weighted by Gasteiger charge is -2.10. The highest BCUT2D eigenvalue weighted by atomic mass is 16.5. The second kappa shape index (κ2) is 5.73. The summed E-state index contributed by atoms with van der Waals surface area (Å²) in [7, 11) is 0. The van der Waals surface area contributed by atoms with Crippen LogP contribution in [0.1, 0.15) is 37.0 Å². The molecule has 0 saturated carbocycles.